The van der Waals surface area contributed by atoms with Gasteiger partial charge in [0.1, 0.15) is 0 Å². The van der Waals surface area contributed by atoms with Gasteiger partial charge in [0.05, 0.1) is 5.54 Å². The Kier molecular flexibility index (Phi) is 4.75. The first-order chi connectivity index (χ1) is 9.38. The lowest BCUT2D eigenvalue weighted by atomic mass is 9.77. The molecule has 3 N–H and O–H groups in total. The van der Waals surface area contributed by atoms with E-state index in [2.05, 4.69) is 31.0 Å². The Morgan fingerprint density at radius 3 is 2.70 bits per heavy atom. The van der Waals surface area contributed by atoms with Crippen LogP contribution >= 0.6 is 0 Å². The lowest BCUT2D eigenvalue weighted by Crippen LogP contribution is -2.60. The smallest absolute Gasteiger partial charge is 0.237 e. The molecular weight excluding hydrogens is 250 g/mol. The number of hydrogen-bond donors (Lipinski definition) is 2. The predicted molar refractivity (Wildman–Crippen MR) is 82.4 cm³/mol. The molecule has 0 aromatic rings. The summed E-state index contributed by atoms with van der Waals surface area (Å²) < 4.78 is 0. The van der Waals surface area contributed by atoms with Crippen LogP contribution in [0.2, 0.25) is 0 Å². The minimum atomic E-state index is -0.467. The van der Waals surface area contributed by atoms with Crippen molar-refractivity contribution < 1.29 is 4.79 Å². The maximum atomic E-state index is 12.0. The molecule has 2 rings (SSSR count). The van der Waals surface area contributed by atoms with E-state index in [1.807, 2.05) is 0 Å². The van der Waals surface area contributed by atoms with Gasteiger partial charge in [0.2, 0.25) is 5.91 Å². The molecule has 0 aromatic heterocycles. The molecule has 0 aromatic carbocycles. The predicted octanol–water partition coefficient (Wildman–Crippen LogP) is 1.88. The second-order valence-electron chi connectivity index (χ2n) is 7.51. The van der Waals surface area contributed by atoms with Crippen LogP contribution in [-0.2, 0) is 4.79 Å². The van der Waals surface area contributed by atoms with E-state index in [1.54, 1.807) is 0 Å². The van der Waals surface area contributed by atoms with E-state index in [0.717, 1.165) is 38.8 Å². The van der Waals surface area contributed by atoms with Crippen molar-refractivity contribution >= 4 is 5.91 Å². The zero-order valence-corrected chi connectivity index (χ0v) is 13.4. The largest absolute Gasteiger partial charge is 0.368 e. The zero-order chi connectivity index (χ0) is 14.8. The molecule has 1 saturated heterocycles. The second kappa shape index (κ2) is 6.02. The van der Waals surface area contributed by atoms with E-state index < -0.39 is 5.54 Å². The van der Waals surface area contributed by atoms with Gasteiger partial charge in [-0.25, -0.2) is 0 Å². The molecule has 2 unspecified atom stereocenters. The fourth-order valence-electron chi connectivity index (χ4n) is 3.86. The average Bonchev–Trinajstić information content (AvgIpc) is 2.77. The van der Waals surface area contributed by atoms with Crippen molar-refractivity contribution in [2.24, 2.45) is 11.1 Å². The van der Waals surface area contributed by atoms with Gasteiger partial charge in [-0.05, 0) is 57.0 Å². The van der Waals surface area contributed by atoms with Gasteiger partial charge in [0.25, 0.3) is 0 Å². The molecule has 2 fully saturated rings. The number of amides is 1. The molecule has 1 aliphatic heterocycles. The molecule has 2 aliphatic rings. The van der Waals surface area contributed by atoms with Crippen LogP contribution in [0.15, 0.2) is 0 Å². The van der Waals surface area contributed by atoms with E-state index in [0.29, 0.717) is 11.5 Å². The van der Waals surface area contributed by atoms with Crippen LogP contribution in [0, 0.1) is 5.41 Å². The first-order valence-electron chi connectivity index (χ1n) is 8.17. The molecule has 1 amide bonds. The summed E-state index contributed by atoms with van der Waals surface area (Å²) in [4.78, 5) is 14.6. The number of likely N-dealkylation sites (tertiary alicyclic amines) is 1. The molecular formula is C16H31N3O. The Bertz CT molecular complexity index is 356. The molecule has 4 nitrogen and oxygen atoms in total. The number of nitrogens with one attached hydrogen (secondary N) is 1. The molecule has 0 radical (unpaired) electrons. The van der Waals surface area contributed by atoms with E-state index in [-0.39, 0.29) is 5.91 Å². The lowest BCUT2D eigenvalue weighted by molar-refractivity contribution is -0.126. The number of hydrogen-bond acceptors (Lipinski definition) is 3. The van der Waals surface area contributed by atoms with Gasteiger partial charge in [0, 0.05) is 12.6 Å². The number of carbonyl (C=O) groups excluding carboxylic acids is 1. The first-order valence-corrected chi connectivity index (χ1v) is 8.17. The van der Waals surface area contributed by atoms with Gasteiger partial charge >= 0.3 is 0 Å². The molecule has 1 heterocycles. The highest BCUT2D eigenvalue weighted by Gasteiger charge is 2.44. The summed E-state index contributed by atoms with van der Waals surface area (Å²) in [6.45, 7) is 10.0. The van der Waals surface area contributed by atoms with Gasteiger partial charge < -0.3 is 11.1 Å². The van der Waals surface area contributed by atoms with Crippen molar-refractivity contribution in [1.29, 1.82) is 0 Å². The fourth-order valence-corrected chi connectivity index (χ4v) is 3.86. The van der Waals surface area contributed by atoms with E-state index in [9.17, 15) is 4.79 Å². The van der Waals surface area contributed by atoms with Gasteiger partial charge in [0.15, 0.2) is 0 Å². The summed E-state index contributed by atoms with van der Waals surface area (Å²) in [5.74, 6) is -0.158. The summed E-state index contributed by atoms with van der Waals surface area (Å²) in [6.07, 6.45) is 6.39. The SMILES string of the molecule is CCCNC1(C(N)=O)CCCC(N2CCC(C)(C)C2)C1. The molecule has 20 heavy (non-hydrogen) atoms. The maximum Gasteiger partial charge on any atom is 0.237 e. The standard InChI is InChI=1S/C16H31N3O/c1-4-9-18-16(14(17)20)7-5-6-13(11-16)19-10-8-15(2,3)12-19/h13,18H,4-12H2,1-3H3,(H2,17,20). The molecule has 4 heteroatoms. The Balaban J connectivity index is 2.04. The van der Waals surface area contributed by atoms with Crippen molar-refractivity contribution in [3.63, 3.8) is 0 Å². The minimum Gasteiger partial charge on any atom is -0.368 e. The summed E-state index contributed by atoms with van der Waals surface area (Å²) in [5, 5.41) is 3.46. The lowest BCUT2D eigenvalue weighted by Gasteiger charge is -2.43. The molecule has 0 spiro atoms. The Labute approximate surface area is 123 Å². The third-order valence-electron chi connectivity index (χ3n) is 5.13. The Hall–Kier alpha value is -0.610. The van der Waals surface area contributed by atoms with Crippen LogP contribution in [0.4, 0.5) is 0 Å². The molecule has 0 bridgehead atoms. The van der Waals surface area contributed by atoms with Crippen LogP contribution in [0.25, 0.3) is 0 Å². The first kappa shape index (κ1) is 15.8. The van der Waals surface area contributed by atoms with Crippen molar-refractivity contribution in [3.8, 4) is 0 Å². The molecule has 2 atom stereocenters. The molecule has 116 valence electrons. The third-order valence-corrected chi connectivity index (χ3v) is 5.13. The van der Waals surface area contributed by atoms with Crippen molar-refractivity contribution in [3.05, 3.63) is 0 Å². The summed E-state index contributed by atoms with van der Waals surface area (Å²) in [7, 11) is 0. The highest BCUT2D eigenvalue weighted by atomic mass is 16.1. The summed E-state index contributed by atoms with van der Waals surface area (Å²) in [5.41, 5.74) is 5.69. The van der Waals surface area contributed by atoms with Crippen molar-refractivity contribution in [2.45, 2.75) is 70.9 Å². The topological polar surface area (TPSA) is 58.4 Å². The molecule has 1 aliphatic carbocycles. The normalized spacial score (nSPS) is 34.2. The average molecular weight is 281 g/mol. The van der Waals surface area contributed by atoms with Crippen LogP contribution in [0.1, 0.15) is 59.3 Å². The summed E-state index contributed by atoms with van der Waals surface area (Å²) >= 11 is 0. The van der Waals surface area contributed by atoms with Crippen molar-refractivity contribution in [2.75, 3.05) is 19.6 Å². The van der Waals surface area contributed by atoms with Crippen molar-refractivity contribution in [1.82, 2.24) is 10.2 Å². The van der Waals surface area contributed by atoms with Crippen LogP contribution in [-0.4, -0.2) is 42.0 Å². The van der Waals surface area contributed by atoms with Gasteiger partial charge in [-0.2, -0.15) is 0 Å². The minimum absolute atomic E-state index is 0.158. The van der Waals surface area contributed by atoms with E-state index >= 15 is 0 Å². The maximum absolute atomic E-state index is 12.0. The van der Waals surface area contributed by atoms with Gasteiger partial charge in [-0.3, -0.25) is 9.69 Å². The Morgan fingerprint density at radius 2 is 2.15 bits per heavy atom. The van der Waals surface area contributed by atoms with Gasteiger partial charge in [-0.1, -0.05) is 20.8 Å². The monoisotopic (exact) mass is 281 g/mol. The van der Waals surface area contributed by atoms with Gasteiger partial charge in [-0.15, -0.1) is 0 Å². The number of primary amides is 1. The molecule has 1 saturated carbocycles. The highest BCUT2D eigenvalue weighted by Crippen LogP contribution is 2.37. The van der Waals surface area contributed by atoms with E-state index in [1.165, 1.54) is 19.4 Å². The number of nitrogens with zero attached hydrogens (tertiary/aromatic N) is 1. The quantitative estimate of drug-likeness (QED) is 0.809. The number of carbonyl (C=O) groups is 1. The third kappa shape index (κ3) is 3.34. The van der Waals surface area contributed by atoms with Crippen LogP contribution in [0.5, 0.6) is 0 Å². The van der Waals surface area contributed by atoms with Crippen LogP contribution < -0.4 is 11.1 Å². The number of rotatable bonds is 5. The Morgan fingerprint density at radius 1 is 1.40 bits per heavy atom. The van der Waals surface area contributed by atoms with E-state index in [4.69, 9.17) is 5.73 Å². The zero-order valence-electron chi connectivity index (χ0n) is 13.4. The van der Waals surface area contributed by atoms with Crippen LogP contribution in [0.3, 0.4) is 0 Å². The second-order valence-corrected chi connectivity index (χ2v) is 7.51. The highest BCUT2D eigenvalue weighted by molar-refractivity contribution is 5.84. The number of nitrogens with two attached hydrogens (primary N) is 1. The fraction of sp³-hybridized carbons (Fsp3) is 0.938. The summed E-state index contributed by atoms with van der Waals surface area (Å²) in [6, 6.07) is 0.516.